The number of carbonyl (C=O) groups is 1. The first-order valence-corrected chi connectivity index (χ1v) is 7.77. The summed E-state index contributed by atoms with van der Waals surface area (Å²) < 4.78 is 5.49. The Morgan fingerprint density at radius 2 is 2.25 bits per heavy atom. The molecule has 1 aliphatic heterocycles. The van der Waals surface area contributed by atoms with Crippen molar-refractivity contribution >= 4 is 23.4 Å². The van der Waals surface area contributed by atoms with Gasteiger partial charge in [-0.1, -0.05) is 0 Å². The molecule has 1 aromatic rings. The van der Waals surface area contributed by atoms with Crippen LogP contribution in [0.5, 0.6) is 0 Å². The molecule has 20 heavy (non-hydrogen) atoms. The predicted octanol–water partition coefficient (Wildman–Crippen LogP) is 2.80. The highest BCUT2D eigenvalue weighted by molar-refractivity contribution is 7.99. The number of benzene rings is 1. The summed E-state index contributed by atoms with van der Waals surface area (Å²) in [6.07, 6.45) is 1.86. The summed E-state index contributed by atoms with van der Waals surface area (Å²) in [4.78, 5) is 11.8. The van der Waals surface area contributed by atoms with Crippen LogP contribution in [0.1, 0.15) is 25.3 Å². The first kappa shape index (κ1) is 14.9. The molecule has 1 N–H and O–H groups in total. The summed E-state index contributed by atoms with van der Waals surface area (Å²) in [5.41, 5.74) is 1.32. The highest BCUT2D eigenvalue weighted by Crippen LogP contribution is 2.26. The molecule has 2 unspecified atom stereocenters. The van der Waals surface area contributed by atoms with Crippen molar-refractivity contribution in [3.05, 3.63) is 29.8 Å². The normalized spacial score (nSPS) is 21.4. The van der Waals surface area contributed by atoms with Gasteiger partial charge in [0.05, 0.1) is 17.7 Å². The summed E-state index contributed by atoms with van der Waals surface area (Å²) in [6.45, 7) is 2.91. The first-order valence-electron chi connectivity index (χ1n) is 6.72. The van der Waals surface area contributed by atoms with E-state index in [0.717, 1.165) is 24.5 Å². The average Bonchev–Trinajstić information content (AvgIpc) is 2.85. The summed E-state index contributed by atoms with van der Waals surface area (Å²) in [7, 11) is 0. The molecule has 0 saturated carbocycles. The van der Waals surface area contributed by atoms with Gasteiger partial charge in [0, 0.05) is 29.7 Å². The Kier molecular flexibility index (Phi) is 5.45. The predicted molar refractivity (Wildman–Crippen MR) is 80.7 cm³/mol. The largest absolute Gasteiger partial charge is 0.377 e. The van der Waals surface area contributed by atoms with Crippen LogP contribution in [-0.2, 0) is 9.53 Å². The number of carbonyl (C=O) groups excluding carboxylic acids is 1. The van der Waals surface area contributed by atoms with Gasteiger partial charge < -0.3 is 10.1 Å². The average molecular weight is 290 g/mol. The number of nitrogens with zero attached hydrogens (tertiary/aromatic N) is 1. The second kappa shape index (κ2) is 7.32. The fraction of sp³-hybridized carbons (Fsp3) is 0.467. The Bertz CT molecular complexity index is 496. The van der Waals surface area contributed by atoms with Crippen LogP contribution < -0.4 is 5.32 Å². The number of anilines is 1. The fourth-order valence-corrected chi connectivity index (χ4v) is 3.30. The van der Waals surface area contributed by atoms with Crippen molar-refractivity contribution in [2.75, 3.05) is 17.7 Å². The molecule has 1 amide bonds. The molecule has 0 radical (unpaired) electrons. The second-order valence-corrected chi connectivity index (χ2v) is 6.11. The molecule has 0 aliphatic carbocycles. The molecule has 2 rings (SSSR count). The van der Waals surface area contributed by atoms with Gasteiger partial charge in [0.2, 0.25) is 5.91 Å². The molecule has 1 fully saturated rings. The van der Waals surface area contributed by atoms with Crippen LogP contribution in [-0.4, -0.2) is 29.6 Å². The maximum Gasteiger partial charge on any atom is 0.225 e. The van der Waals surface area contributed by atoms with E-state index < -0.39 is 0 Å². The number of ether oxygens (including phenoxy) is 1. The Labute approximate surface area is 123 Å². The van der Waals surface area contributed by atoms with Crippen LogP contribution in [0.4, 0.5) is 5.69 Å². The Hall–Kier alpha value is -1.51. The molecule has 1 aromatic carbocycles. The Morgan fingerprint density at radius 1 is 1.50 bits per heavy atom. The Balaban J connectivity index is 1.71. The number of nitriles is 1. The molecule has 1 aliphatic rings. The number of hydrogen-bond donors (Lipinski definition) is 1. The van der Waals surface area contributed by atoms with Crippen LogP contribution in [0, 0.1) is 11.3 Å². The van der Waals surface area contributed by atoms with Crippen LogP contribution in [0.2, 0.25) is 0 Å². The topological polar surface area (TPSA) is 62.1 Å². The number of hydrogen-bond acceptors (Lipinski definition) is 4. The SMILES string of the molecule is CC1OCCC1SCCC(=O)Nc1ccc(C#N)cc1. The van der Waals surface area contributed by atoms with E-state index in [9.17, 15) is 4.79 Å². The standard InChI is InChI=1S/C15H18N2O2S/c1-11-14(6-8-19-11)20-9-7-15(18)17-13-4-2-12(10-16)3-5-13/h2-5,11,14H,6-9H2,1H3,(H,17,18). The van der Waals surface area contributed by atoms with Gasteiger partial charge in [-0.2, -0.15) is 17.0 Å². The fourth-order valence-electron chi connectivity index (χ4n) is 2.09. The quantitative estimate of drug-likeness (QED) is 0.905. The third-order valence-corrected chi connectivity index (χ3v) is 4.75. The number of rotatable bonds is 5. The molecule has 4 nitrogen and oxygen atoms in total. The van der Waals surface area contributed by atoms with E-state index in [2.05, 4.69) is 12.2 Å². The van der Waals surface area contributed by atoms with E-state index >= 15 is 0 Å². The van der Waals surface area contributed by atoms with Crippen molar-refractivity contribution in [2.24, 2.45) is 0 Å². The molecule has 0 bridgehead atoms. The first-order chi connectivity index (χ1) is 9.69. The molecule has 1 saturated heterocycles. The minimum Gasteiger partial charge on any atom is -0.377 e. The summed E-state index contributed by atoms with van der Waals surface area (Å²) in [5.74, 6) is 0.814. The smallest absolute Gasteiger partial charge is 0.225 e. The lowest BCUT2D eigenvalue weighted by molar-refractivity contribution is -0.115. The van der Waals surface area contributed by atoms with Gasteiger partial charge in [0.25, 0.3) is 0 Å². The van der Waals surface area contributed by atoms with Gasteiger partial charge in [-0.25, -0.2) is 0 Å². The minimum absolute atomic E-state index is 0.00813. The van der Waals surface area contributed by atoms with Crippen molar-refractivity contribution < 1.29 is 9.53 Å². The van der Waals surface area contributed by atoms with E-state index in [4.69, 9.17) is 10.00 Å². The van der Waals surface area contributed by atoms with Gasteiger partial charge in [0.15, 0.2) is 0 Å². The highest BCUT2D eigenvalue weighted by atomic mass is 32.2. The van der Waals surface area contributed by atoms with Gasteiger partial charge in [-0.3, -0.25) is 4.79 Å². The van der Waals surface area contributed by atoms with Crippen LogP contribution in [0.15, 0.2) is 24.3 Å². The number of thioether (sulfide) groups is 1. The lowest BCUT2D eigenvalue weighted by Crippen LogP contribution is -2.16. The third kappa shape index (κ3) is 4.26. The molecule has 0 spiro atoms. The van der Waals surface area contributed by atoms with Crippen molar-refractivity contribution in [3.8, 4) is 6.07 Å². The van der Waals surface area contributed by atoms with E-state index in [1.807, 2.05) is 17.8 Å². The molecular formula is C15H18N2O2S. The van der Waals surface area contributed by atoms with Crippen LogP contribution in [0.3, 0.4) is 0 Å². The van der Waals surface area contributed by atoms with E-state index in [0.29, 0.717) is 23.3 Å². The van der Waals surface area contributed by atoms with Crippen molar-refractivity contribution in [1.82, 2.24) is 0 Å². The lowest BCUT2D eigenvalue weighted by Gasteiger charge is -2.13. The van der Waals surface area contributed by atoms with E-state index in [1.54, 1.807) is 24.3 Å². The van der Waals surface area contributed by atoms with Gasteiger partial charge >= 0.3 is 0 Å². The molecular weight excluding hydrogens is 272 g/mol. The minimum atomic E-state index is 0.00813. The van der Waals surface area contributed by atoms with Gasteiger partial charge in [-0.15, -0.1) is 0 Å². The zero-order valence-electron chi connectivity index (χ0n) is 11.5. The van der Waals surface area contributed by atoms with Gasteiger partial charge in [0.1, 0.15) is 0 Å². The Morgan fingerprint density at radius 3 is 2.85 bits per heavy atom. The zero-order valence-corrected chi connectivity index (χ0v) is 12.3. The van der Waals surface area contributed by atoms with Crippen LogP contribution in [0.25, 0.3) is 0 Å². The van der Waals surface area contributed by atoms with Crippen molar-refractivity contribution in [1.29, 1.82) is 5.26 Å². The van der Waals surface area contributed by atoms with E-state index in [-0.39, 0.29) is 5.91 Å². The molecule has 2 atom stereocenters. The van der Waals surface area contributed by atoms with E-state index in [1.165, 1.54) is 0 Å². The zero-order chi connectivity index (χ0) is 14.4. The monoisotopic (exact) mass is 290 g/mol. The highest BCUT2D eigenvalue weighted by Gasteiger charge is 2.24. The summed E-state index contributed by atoms with van der Waals surface area (Å²) >= 11 is 1.81. The van der Waals surface area contributed by atoms with Crippen LogP contribution >= 0.6 is 11.8 Å². The number of nitrogens with one attached hydrogen (secondary N) is 1. The van der Waals surface area contributed by atoms with Crippen molar-refractivity contribution in [2.45, 2.75) is 31.1 Å². The summed E-state index contributed by atoms with van der Waals surface area (Å²) in [6, 6.07) is 8.93. The third-order valence-electron chi connectivity index (χ3n) is 3.27. The summed E-state index contributed by atoms with van der Waals surface area (Å²) in [5, 5.41) is 12.1. The van der Waals surface area contributed by atoms with Crippen molar-refractivity contribution in [3.63, 3.8) is 0 Å². The second-order valence-electron chi connectivity index (χ2n) is 4.76. The molecule has 0 aromatic heterocycles. The molecule has 106 valence electrons. The maximum atomic E-state index is 11.8. The molecule has 1 heterocycles. The maximum absolute atomic E-state index is 11.8. The molecule has 5 heteroatoms. The lowest BCUT2D eigenvalue weighted by atomic mass is 10.2. The van der Waals surface area contributed by atoms with Gasteiger partial charge in [-0.05, 0) is 37.6 Å². The number of amides is 1.